The van der Waals surface area contributed by atoms with E-state index in [1.54, 1.807) is 6.20 Å². The summed E-state index contributed by atoms with van der Waals surface area (Å²) in [5, 5.41) is 1.63. The zero-order valence-electron chi connectivity index (χ0n) is 10.4. The molecule has 0 amide bonds. The van der Waals surface area contributed by atoms with Gasteiger partial charge in [0.05, 0.1) is 11.7 Å². The fourth-order valence-electron chi connectivity index (χ4n) is 2.69. The number of halogens is 1. The van der Waals surface area contributed by atoms with Crippen molar-refractivity contribution in [3.63, 3.8) is 0 Å². The van der Waals surface area contributed by atoms with Gasteiger partial charge in [0, 0.05) is 30.4 Å². The fourth-order valence-corrected chi connectivity index (χ4v) is 2.85. The molecule has 0 radical (unpaired) electrons. The van der Waals surface area contributed by atoms with Crippen molar-refractivity contribution in [2.45, 2.75) is 19.8 Å². The van der Waals surface area contributed by atoms with Crippen LogP contribution in [0.15, 0.2) is 24.5 Å². The standard InChI is InChI=1S/C14H16ClN3/c1-10-3-2-6-18(9-10)13-4-5-16-12-8-17-14(15)7-11(12)13/h4-5,7-8,10H,2-3,6,9H2,1H3/t10-/m0/s1. The Morgan fingerprint density at radius 2 is 2.28 bits per heavy atom. The predicted octanol–water partition coefficient (Wildman–Crippen LogP) is 3.52. The van der Waals surface area contributed by atoms with Gasteiger partial charge >= 0.3 is 0 Å². The van der Waals surface area contributed by atoms with Gasteiger partial charge in [-0.05, 0) is 30.9 Å². The first kappa shape index (κ1) is 11.7. The molecule has 3 nitrogen and oxygen atoms in total. The summed E-state index contributed by atoms with van der Waals surface area (Å²) < 4.78 is 0. The van der Waals surface area contributed by atoms with E-state index < -0.39 is 0 Å². The molecule has 0 unspecified atom stereocenters. The molecule has 0 aromatic carbocycles. The van der Waals surface area contributed by atoms with Crippen LogP contribution < -0.4 is 4.90 Å². The van der Waals surface area contributed by atoms with Crippen LogP contribution in [-0.4, -0.2) is 23.1 Å². The van der Waals surface area contributed by atoms with Crippen LogP contribution >= 0.6 is 11.6 Å². The molecule has 4 heteroatoms. The zero-order chi connectivity index (χ0) is 12.5. The van der Waals surface area contributed by atoms with Crippen LogP contribution in [0.5, 0.6) is 0 Å². The van der Waals surface area contributed by atoms with Gasteiger partial charge in [-0.25, -0.2) is 4.98 Å². The first-order valence-corrected chi connectivity index (χ1v) is 6.77. The molecule has 0 aliphatic carbocycles. The molecule has 1 fully saturated rings. The van der Waals surface area contributed by atoms with E-state index in [0.29, 0.717) is 5.15 Å². The molecule has 94 valence electrons. The molecule has 1 atom stereocenters. The topological polar surface area (TPSA) is 29.0 Å². The average Bonchev–Trinajstić information content (AvgIpc) is 2.38. The first-order chi connectivity index (χ1) is 8.74. The molecule has 2 aromatic heterocycles. The molecular weight excluding hydrogens is 246 g/mol. The number of rotatable bonds is 1. The van der Waals surface area contributed by atoms with E-state index in [1.165, 1.54) is 18.5 Å². The Morgan fingerprint density at radius 1 is 1.39 bits per heavy atom. The van der Waals surface area contributed by atoms with Crippen LogP contribution in [0.4, 0.5) is 5.69 Å². The summed E-state index contributed by atoms with van der Waals surface area (Å²) in [7, 11) is 0. The van der Waals surface area contributed by atoms with Crippen LogP contribution in [0.25, 0.3) is 10.9 Å². The Bertz CT molecular complexity index is 570. The van der Waals surface area contributed by atoms with E-state index in [0.717, 1.165) is 29.9 Å². The number of anilines is 1. The Labute approximate surface area is 112 Å². The predicted molar refractivity (Wildman–Crippen MR) is 75.2 cm³/mol. The molecule has 0 bridgehead atoms. The molecule has 18 heavy (non-hydrogen) atoms. The van der Waals surface area contributed by atoms with Gasteiger partial charge in [-0.3, -0.25) is 4.98 Å². The highest BCUT2D eigenvalue weighted by Gasteiger charge is 2.18. The molecule has 0 saturated carbocycles. The second kappa shape index (κ2) is 4.73. The summed E-state index contributed by atoms with van der Waals surface area (Å²) >= 11 is 6.00. The van der Waals surface area contributed by atoms with E-state index in [4.69, 9.17) is 11.6 Å². The maximum absolute atomic E-state index is 6.00. The van der Waals surface area contributed by atoms with Crippen molar-refractivity contribution in [2.24, 2.45) is 5.92 Å². The fraction of sp³-hybridized carbons (Fsp3) is 0.429. The summed E-state index contributed by atoms with van der Waals surface area (Å²) in [5.41, 5.74) is 2.14. The molecule has 3 rings (SSSR count). The van der Waals surface area contributed by atoms with E-state index in [1.807, 2.05) is 12.3 Å². The smallest absolute Gasteiger partial charge is 0.129 e. The third kappa shape index (κ3) is 2.15. The summed E-state index contributed by atoms with van der Waals surface area (Å²) in [5.74, 6) is 0.749. The minimum atomic E-state index is 0.529. The van der Waals surface area contributed by atoms with Crippen molar-refractivity contribution < 1.29 is 0 Å². The number of hydrogen-bond acceptors (Lipinski definition) is 3. The van der Waals surface area contributed by atoms with Crippen molar-refractivity contribution in [2.75, 3.05) is 18.0 Å². The van der Waals surface area contributed by atoms with Crippen molar-refractivity contribution in [1.82, 2.24) is 9.97 Å². The molecule has 3 heterocycles. The Kier molecular flexibility index (Phi) is 3.08. The highest BCUT2D eigenvalue weighted by molar-refractivity contribution is 6.30. The summed E-state index contributed by atoms with van der Waals surface area (Å²) in [6.07, 6.45) is 6.17. The maximum Gasteiger partial charge on any atom is 0.129 e. The Morgan fingerprint density at radius 3 is 3.11 bits per heavy atom. The van der Waals surface area contributed by atoms with E-state index in [9.17, 15) is 0 Å². The summed E-state index contributed by atoms with van der Waals surface area (Å²) in [4.78, 5) is 10.9. The quantitative estimate of drug-likeness (QED) is 0.736. The van der Waals surface area contributed by atoms with Crippen molar-refractivity contribution >= 4 is 28.2 Å². The summed E-state index contributed by atoms with van der Waals surface area (Å²) in [6.45, 7) is 4.53. The minimum absolute atomic E-state index is 0.529. The van der Waals surface area contributed by atoms with Crippen LogP contribution in [0, 0.1) is 5.92 Å². The Hall–Kier alpha value is -1.35. The van der Waals surface area contributed by atoms with Crippen molar-refractivity contribution in [1.29, 1.82) is 0 Å². The lowest BCUT2D eigenvalue weighted by Crippen LogP contribution is -2.34. The number of pyridine rings is 2. The molecule has 1 aliphatic heterocycles. The highest BCUT2D eigenvalue weighted by atomic mass is 35.5. The van der Waals surface area contributed by atoms with Gasteiger partial charge < -0.3 is 4.90 Å². The lowest BCUT2D eigenvalue weighted by molar-refractivity contribution is 0.447. The van der Waals surface area contributed by atoms with E-state index >= 15 is 0 Å². The number of aromatic nitrogens is 2. The van der Waals surface area contributed by atoms with Crippen molar-refractivity contribution in [3.8, 4) is 0 Å². The van der Waals surface area contributed by atoms with Gasteiger partial charge in [0.2, 0.25) is 0 Å². The average molecular weight is 262 g/mol. The summed E-state index contributed by atoms with van der Waals surface area (Å²) in [6, 6.07) is 4.00. The normalized spacial score (nSPS) is 20.3. The SMILES string of the molecule is C[C@H]1CCCN(c2ccnc3cnc(Cl)cc23)C1. The number of hydrogen-bond donors (Lipinski definition) is 0. The van der Waals surface area contributed by atoms with Crippen LogP contribution in [0.2, 0.25) is 5.15 Å². The monoisotopic (exact) mass is 261 g/mol. The molecule has 0 spiro atoms. The second-order valence-electron chi connectivity index (χ2n) is 5.05. The van der Waals surface area contributed by atoms with Gasteiger partial charge in [-0.2, -0.15) is 0 Å². The maximum atomic E-state index is 6.00. The van der Waals surface area contributed by atoms with Crippen LogP contribution in [-0.2, 0) is 0 Å². The molecular formula is C14H16ClN3. The van der Waals surface area contributed by atoms with Gasteiger partial charge in [0.15, 0.2) is 0 Å². The molecule has 0 N–H and O–H groups in total. The molecule has 1 aliphatic rings. The van der Waals surface area contributed by atoms with Crippen molar-refractivity contribution in [3.05, 3.63) is 29.7 Å². The zero-order valence-corrected chi connectivity index (χ0v) is 11.2. The van der Waals surface area contributed by atoms with Gasteiger partial charge in [-0.15, -0.1) is 0 Å². The number of nitrogens with zero attached hydrogens (tertiary/aromatic N) is 3. The van der Waals surface area contributed by atoms with Gasteiger partial charge in [0.25, 0.3) is 0 Å². The lowest BCUT2D eigenvalue weighted by atomic mass is 9.99. The molecule has 1 saturated heterocycles. The third-order valence-electron chi connectivity index (χ3n) is 3.57. The number of fused-ring (bicyclic) bond motifs is 1. The van der Waals surface area contributed by atoms with Gasteiger partial charge in [0.1, 0.15) is 5.15 Å². The lowest BCUT2D eigenvalue weighted by Gasteiger charge is -2.33. The first-order valence-electron chi connectivity index (χ1n) is 6.39. The third-order valence-corrected chi connectivity index (χ3v) is 3.78. The van der Waals surface area contributed by atoms with Gasteiger partial charge in [-0.1, -0.05) is 18.5 Å². The van der Waals surface area contributed by atoms with E-state index in [2.05, 4.69) is 27.9 Å². The number of piperidine rings is 1. The Balaban J connectivity index is 2.07. The van der Waals surface area contributed by atoms with Crippen LogP contribution in [0.3, 0.4) is 0 Å². The largest absolute Gasteiger partial charge is 0.371 e. The van der Waals surface area contributed by atoms with Crippen LogP contribution in [0.1, 0.15) is 19.8 Å². The minimum Gasteiger partial charge on any atom is -0.371 e. The van der Waals surface area contributed by atoms with E-state index in [-0.39, 0.29) is 0 Å². The second-order valence-corrected chi connectivity index (χ2v) is 5.43. The molecule has 2 aromatic rings. The highest BCUT2D eigenvalue weighted by Crippen LogP contribution is 2.29.